The summed E-state index contributed by atoms with van der Waals surface area (Å²) >= 11 is 2.08. The van der Waals surface area contributed by atoms with E-state index in [4.69, 9.17) is 0 Å². The van der Waals surface area contributed by atoms with E-state index >= 15 is 0 Å². The molecule has 1 N–H and O–H groups in total. The quantitative estimate of drug-likeness (QED) is 0.841. The summed E-state index contributed by atoms with van der Waals surface area (Å²) in [6.45, 7) is 3.38. The van der Waals surface area contributed by atoms with Gasteiger partial charge in [-0.05, 0) is 12.5 Å². The van der Waals surface area contributed by atoms with Crippen molar-refractivity contribution >= 4 is 11.8 Å². The fraction of sp³-hybridized carbons (Fsp3) is 0.727. The summed E-state index contributed by atoms with van der Waals surface area (Å²) in [5, 5.41) is 8.61. The van der Waals surface area contributed by atoms with E-state index in [2.05, 4.69) is 35.2 Å². The molecular formula is C11H19N3S. The van der Waals surface area contributed by atoms with E-state index in [-0.39, 0.29) is 0 Å². The van der Waals surface area contributed by atoms with Gasteiger partial charge in [-0.1, -0.05) is 6.92 Å². The molecule has 0 bridgehead atoms. The number of nitrogens with zero attached hydrogens (tertiary/aromatic N) is 2. The normalized spacial score (nSPS) is 26.0. The molecule has 1 saturated heterocycles. The van der Waals surface area contributed by atoms with Gasteiger partial charge in [-0.25, -0.2) is 0 Å². The molecule has 0 radical (unpaired) electrons. The van der Waals surface area contributed by atoms with Crippen LogP contribution in [0.15, 0.2) is 12.3 Å². The van der Waals surface area contributed by atoms with Crippen molar-refractivity contribution in [3.05, 3.63) is 18.0 Å². The van der Waals surface area contributed by atoms with Crippen LogP contribution in [0.25, 0.3) is 0 Å². The van der Waals surface area contributed by atoms with Gasteiger partial charge in [0.1, 0.15) is 0 Å². The van der Waals surface area contributed by atoms with Crippen molar-refractivity contribution in [2.75, 3.05) is 12.3 Å². The summed E-state index contributed by atoms with van der Waals surface area (Å²) < 4.78 is 1.95. The molecule has 0 aromatic carbocycles. The molecule has 0 aliphatic carbocycles. The van der Waals surface area contributed by atoms with E-state index in [1.54, 1.807) is 0 Å². The van der Waals surface area contributed by atoms with E-state index in [0.29, 0.717) is 0 Å². The zero-order valence-corrected chi connectivity index (χ0v) is 10.3. The fourth-order valence-corrected chi connectivity index (χ4v) is 3.19. The molecule has 2 unspecified atom stereocenters. The van der Waals surface area contributed by atoms with Crippen molar-refractivity contribution in [2.45, 2.75) is 31.1 Å². The van der Waals surface area contributed by atoms with Gasteiger partial charge in [-0.2, -0.15) is 16.9 Å². The molecule has 0 amide bonds. The van der Waals surface area contributed by atoms with Gasteiger partial charge in [0.15, 0.2) is 0 Å². The molecule has 1 aromatic rings. The van der Waals surface area contributed by atoms with Crippen LogP contribution in [0.4, 0.5) is 0 Å². The van der Waals surface area contributed by atoms with Gasteiger partial charge in [0, 0.05) is 48.9 Å². The SMILES string of the molecule is CC1CC(NCCc2ccnn2C)CS1. The first-order valence-corrected chi connectivity index (χ1v) is 6.62. The minimum Gasteiger partial charge on any atom is -0.313 e. The van der Waals surface area contributed by atoms with Gasteiger partial charge in [0.2, 0.25) is 0 Å². The minimum atomic E-state index is 0.721. The maximum absolute atomic E-state index is 4.16. The molecule has 4 heteroatoms. The Kier molecular flexibility index (Phi) is 3.70. The summed E-state index contributed by atoms with van der Waals surface area (Å²) in [5.41, 5.74) is 1.31. The molecule has 84 valence electrons. The second-order valence-electron chi connectivity index (χ2n) is 4.23. The summed E-state index contributed by atoms with van der Waals surface area (Å²) in [4.78, 5) is 0. The van der Waals surface area contributed by atoms with Gasteiger partial charge in [-0.3, -0.25) is 4.68 Å². The Morgan fingerprint density at radius 2 is 2.53 bits per heavy atom. The Morgan fingerprint density at radius 1 is 1.67 bits per heavy atom. The van der Waals surface area contributed by atoms with Crippen LogP contribution < -0.4 is 5.32 Å². The molecule has 2 rings (SSSR count). The van der Waals surface area contributed by atoms with Crippen LogP contribution >= 0.6 is 11.8 Å². The van der Waals surface area contributed by atoms with E-state index in [1.165, 1.54) is 17.9 Å². The van der Waals surface area contributed by atoms with Crippen LogP contribution in [-0.4, -0.2) is 33.4 Å². The first kappa shape index (κ1) is 11.0. The summed E-state index contributed by atoms with van der Waals surface area (Å²) in [5.74, 6) is 1.27. The Hall–Kier alpha value is -0.480. The Morgan fingerprint density at radius 3 is 3.13 bits per heavy atom. The van der Waals surface area contributed by atoms with Crippen LogP contribution in [0.3, 0.4) is 0 Å². The monoisotopic (exact) mass is 225 g/mol. The molecular weight excluding hydrogens is 206 g/mol. The molecule has 1 aliphatic rings. The second kappa shape index (κ2) is 5.03. The second-order valence-corrected chi connectivity index (χ2v) is 5.70. The lowest BCUT2D eigenvalue weighted by atomic mass is 10.2. The van der Waals surface area contributed by atoms with Crippen LogP contribution in [-0.2, 0) is 13.5 Å². The summed E-state index contributed by atoms with van der Waals surface area (Å²) in [6, 6.07) is 2.81. The molecule has 1 fully saturated rings. The fourth-order valence-electron chi connectivity index (χ4n) is 2.01. The van der Waals surface area contributed by atoms with Gasteiger partial charge >= 0.3 is 0 Å². The molecule has 1 aliphatic heterocycles. The topological polar surface area (TPSA) is 29.9 Å². The predicted molar refractivity (Wildman–Crippen MR) is 65.2 cm³/mol. The van der Waals surface area contributed by atoms with Crippen molar-refractivity contribution < 1.29 is 0 Å². The third-order valence-corrected chi connectivity index (χ3v) is 4.29. The summed E-state index contributed by atoms with van der Waals surface area (Å²) in [7, 11) is 2.00. The van der Waals surface area contributed by atoms with Crippen LogP contribution in [0.2, 0.25) is 0 Å². The molecule has 3 nitrogen and oxygen atoms in total. The third kappa shape index (κ3) is 2.98. The molecule has 2 heterocycles. The zero-order valence-electron chi connectivity index (χ0n) is 9.44. The van der Waals surface area contributed by atoms with Crippen LogP contribution in [0, 0.1) is 0 Å². The molecule has 15 heavy (non-hydrogen) atoms. The average molecular weight is 225 g/mol. The first-order valence-electron chi connectivity index (χ1n) is 5.57. The Bertz CT molecular complexity index is 311. The minimum absolute atomic E-state index is 0.721. The molecule has 2 atom stereocenters. The number of rotatable bonds is 4. The van der Waals surface area contributed by atoms with Crippen molar-refractivity contribution in [1.29, 1.82) is 0 Å². The van der Waals surface area contributed by atoms with Gasteiger partial charge < -0.3 is 5.32 Å². The number of thioether (sulfide) groups is 1. The maximum atomic E-state index is 4.16. The highest BCUT2D eigenvalue weighted by molar-refractivity contribution is 8.00. The lowest BCUT2D eigenvalue weighted by Gasteiger charge is -2.11. The lowest BCUT2D eigenvalue weighted by molar-refractivity contribution is 0.534. The van der Waals surface area contributed by atoms with Gasteiger partial charge in [-0.15, -0.1) is 0 Å². The van der Waals surface area contributed by atoms with Gasteiger partial charge in [0.05, 0.1) is 0 Å². The van der Waals surface area contributed by atoms with Crippen LogP contribution in [0.1, 0.15) is 19.0 Å². The smallest absolute Gasteiger partial charge is 0.0492 e. The van der Waals surface area contributed by atoms with E-state index in [9.17, 15) is 0 Å². The van der Waals surface area contributed by atoms with Gasteiger partial charge in [0.25, 0.3) is 0 Å². The Labute approximate surface area is 95.6 Å². The number of hydrogen-bond donors (Lipinski definition) is 1. The summed E-state index contributed by atoms with van der Waals surface area (Å²) in [6.07, 6.45) is 4.25. The lowest BCUT2D eigenvalue weighted by Crippen LogP contribution is -2.31. The largest absolute Gasteiger partial charge is 0.313 e. The molecule has 0 saturated carbocycles. The number of aryl methyl sites for hydroxylation is 1. The number of hydrogen-bond acceptors (Lipinski definition) is 3. The maximum Gasteiger partial charge on any atom is 0.0492 e. The zero-order chi connectivity index (χ0) is 10.7. The highest BCUT2D eigenvalue weighted by atomic mass is 32.2. The third-order valence-electron chi connectivity index (χ3n) is 2.93. The predicted octanol–water partition coefficient (Wildman–Crippen LogP) is 1.45. The molecule has 1 aromatic heterocycles. The number of aromatic nitrogens is 2. The van der Waals surface area contributed by atoms with Crippen molar-refractivity contribution in [3.63, 3.8) is 0 Å². The van der Waals surface area contributed by atoms with E-state index in [0.717, 1.165) is 24.3 Å². The van der Waals surface area contributed by atoms with Crippen LogP contribution in [0.5, 0.6) is 0 Å². The average Bonchev–Trinajstić information content (AvgIpc) is 2.77. The van der Waals surface area contributed by atoms with Crippen molar-refractivity contribution in [2.24, 2.45) is 7.05 Å². The van der Waals surface area contributed by atoms with Crippen molar-refractivity contribution in [1.82, 2.24) is 15.1 Å². The first-order chi connectivity index (χ1) is 7.25. The highest BCUT2D eigenvalue weighted by Crippen LogP contribution is 2.25. The standard InChI is InChI=1S/C11H19N3S/c1-9-7-10(8-15-9)12-5-3-11-4-6-13-14(11)2/h4,6,9-10,12H,3,5,7-8H2,1-2H3. The highest BCUT2D eigenvalue weighted by Gasteiger charge is 2.20. The molecule has 0 spiro atoms. The van der Waals surface area contributed by atoms with E-state index < -0.39 is 0 Å². The van der Waals surface area contributed by atoms with E-state index in [1.807, 2.05) is 17.9 Å². The Balaban J connectivity index is 1.69. The van der Waals surface area contributed by atoms with Crippen molar-refractivity contribution in [3.8, 4) is 0 Å². The number of nitrogens with one attached hydrogen (secondary N) is 1.